The van der Waals surface area contributed by atoms with E-state index in [1.54, 1.807) is 19.1 Å². The van der Waals surface area contributed by atoms with E-state index in [0.717, 1.165) is 5.56 Å². The van der Waals surface area contributed by atoms with Crippen LogP contribution in [0, 0.1) is 6.92 Å². The summed E-state index contributed by atoms with van der Waals surface area (Å²) >= 11 is 0. The fourth-order valence-corrected chi connectivity index (χ4v) is 1.29. The third kappa shape index (κ3) is 6.86. The van der Waals surface area contributed by atoms with Gasteiger partial charge in [-0.05, 0) is 26.0 Å². The van der Waals surface area contributed by atoms with E-state index in [-0.39, 0.29) is 6.61 Å². The molecule has 1 unspecified atom stereocenters. The number of alkyl halides is 3. The van der Waals surface area contributed by atoms with E-state index in [1.807, 2.05) is 19.1 Å². The highest BCUT2D eigenvalue weighted by Gasteiger charge is 2.29. The summed E-state index contributed by atoms with van der Waals surface area (Å²) in [6.07, 6.45) is -5.65. The number of benzene rings is 1. The fraction of sp³-hybridized carbons (Fsp3) is 0.462. The molecule has 0 spiro atoms. The number of carbonyl (C=O) groups excluding carboxylic acids is 1. The second-order valence-corrected chi connectivity index (χ2v) is 4.36. The van der Waals surface area contributed by atoms with Crippen LogP contribution in [0.15, 0.2) is 24.3 Å². The minimum Gasteiger partial charge on any atom is -0.491 e. The number of hydrogen-bond donors (Lipinski definition) is 1. The topological polar surface area (TPSA) is 47.6 Å². The van der Waals surface area contributed by atoms with Crippen LogP contribution in [0.25, 0.3) is 0 Å². The van der Waals surface area contributed by atoms with E-state index in [2.05, 4.69) is 10.1 Å². The lowest BCUT2D eigenvalue weighted by atomic mass is 10.2. The fourth-order valence-electron chi connectivity index (χ4n) is 1.29. The average Bonchev–Trinajstić information content (AvgIpc) is 2.35. The molecule has 7 heteroatoms. The van der Waals surface area contributed by atoms with Crippen molar-refractivity contribution in [2.24, 2.45) is 0 Å². The lowest BCUT2D eigenvalue weighted by molar-refractivity contribution is -0.160. The zero-order chi connectivity index (χ0) is 15.2. The van der Waals surface area contributed by atoms with Gasteiger partial charge in [0.1, 0.15) is 12.4 Å². The molecular formula is C13H16F3NO3. The van der Waals surface area contributed by atoms with Crippen molar-refractivity contribution in [2.45, 2.75) is 26.1 Å². The summed E-state index contributed by atoms with van der Waals surface area (Å²) in [7, 11) is 0. The molecule has 20 heavy (non-hydrogen) atoms. The molecule has 0 fully saturated rings. The second kappa shape index (κ2) is 7.02. The van der Waals surface area contributed by atoms with Gasteiger partial charge in [0, 0.05) is 0 Å². The Balaban J connectivity index is 2.27. The molecule has 0 bridgehead atoms. The molecule has 112 valence electrons. The van der Waals surface area contributed by atoms with E-state index >= 15 is 0 Å². The molecule has 0 aromatic heterocycles. The molecular weight excluding hydrogens is 275 g/mol. The molecule has 1 atom stereocenters. The van der Waals surface area contributed by atoms with Crippen LogP contribution in [0.1, 0.15) is 12.5 Å². The SMILES string of the molecule is Cc1ccc(OCC(C)NC(=O)OCC(F)(F)F)cc1. The lowest BCUT2D eigenvalue weighted by Gasteiger charge is -2.15. The van der Waals surface area contributed by atoms with E-state index < -0.39 is 24.9 Å². The van der Waals surface area contributed by atoms with Crippen LogP contribution < -0.4 is 10.1 Å². The summed E-state index contributed by atoms with van der Waals surface area (Å²) in [4.78, 5) is 11.1. The predicted octanol–water partition coefficient (Wildman–Crippen LogP) is 3.05. The molecule has 1 aromatic carbocycles. The maximum Gasteiger partial charge on any atom is 0.422 e. The summed E-state index contributed by atoms with van der Waals surface area (Å²) in [5.74, 6) is 0.618. The van der Waals surface area contributed by atoms with E-state index in [0.29, 0.717) is 5.75 Å². The van der Waals surface area contributed by atoms with Crippen molar-refractivity contribution < 1.29 is 27.4 Å². The van der Waals surface area contributed by atoms with Crippen LogP contribution in [-0.2, 0) is 4.74 Å². The molecule has 0 saturated carbocycles. The van der Waals surface area contributed by atoms with Gasteiger partial charge in [-0.3, -0.25) is 0 Å². The van der Waals surface area contributed by atoms with Gasteiger partial charge in [-0.15, -0.1) is 0 Å². The number of nitrogens with one attached hydrogen (secondary N) is 1. The summed E-state index contributed by atoms with van der Waals surface area (Å²) in [6.45, 7) is 2.06. The lowest BCUT2D eigenvalue weighted by Crippen LogP contribution is -2.38. The number of aryl methyl sites for hydroxylation is 1. The van der Waals surface area contributed by atoms with Gasteiger partial charge < -0.3 is 14.8 Å². The third-order valence-corrected chi connectivity index (χ3v) is 2.25. The highest BCUT2D eigenvalue weighted by atomic mass is 19.4. The Hall–Kier alpha value is -1.92. The Bertz CT molecular complexity index is 431. The van der Waals surface area contributed by atoms with Crippen molar-refractivity contribution in [1.82, 2.24) is 5.32 Å². The molecule has 0 aliphatic heterocycles. The molecule has 0 saturated heterocycles. The molecule has 1 N–H and O–H groups in total. The van der Waals surface area contributed by atoms with Gasteiger partial charge in [0.05, 0.1) is 6.04 Å². The molecule has 0 heterocycles. The minimum atomic E-state index is -4.53. The van der Waals surface area contributed by atoms with Gasteiger partial charge >= 0.3 is 12.3 Å². The average molecular weight is 291 g/mol. The van der Waals surface area contributed by atoms with Crippen molar-refractivity contribution in [3.05, 3.63) is 29.8 Å². The first-order valence-corrected chi connectivity index (χ1v) is 5.96. The monoisotopic (exact) mass is 291 g/mol. The third-order valence-electron chi connectivity index (χ3n) is 2.25. The number of ether oxygens (including phenoxy) is 2. The van der Waals surface area contributed by atoms with Gasteiger partial charge in [-0.25, -0.2) is 4.79 Å². The van der Waals surface area contributed by atoms with Crippen molar-refractivity contribution in [2.75, 3.05) is 13.2 Å². The zero-order valence-electron chi connectivity index (χ0n) is 11.2. The first kappa shape index (κ1) is 16.1. The van der Waals surface area contributed by atoms with E-state index in [4.69, 9.17) is 4.74 Å². The molecule has 1 amide bonds. The maximum atomic E-state index is 11.8. The normalized spacial score (nSPS) is 12.7. The molecule has 4 nitrogen and oxygen atoms in total. The largest absolute Gasteiger partial charge is 0.491 e. The van der Waals surface area contributed by atoms with Crippen molar-refractivity contribution in [1.29, 1.82) is 0 Å². The molecule has 0 aliphatic rings. The molecule has 1 aromatic rings. The molecule has 1 rings (SSSR count). The summed E-state index contributed by atoms with van der Waals surface area (Å²) in [6, 6.07) is 6.79. The minimum absolute atomic E-state index is 0.129. The quantitative estimate of drug-likeness (QED) is 0.907. The predicted molar refractivity (Wildman–Crippen MR) is 66.7 cm³/mol. The van der Waals surface area contributed by atoms with Crippen molar-refractivity contribution in [3.8, 4) is 5.75 Å². The molecule has 0 aliphatic carbocycles. The first-order valence-electron chi connectivity index (χ1n) is 5.96. The number of hydrogen-bond acceptors (Lipinski definition) is 3. The van der Waals surface area contributed by atoms with Gasteiger partial charge in [0.25, 0.3) is 0 Å². The van der Waals surface area contributed by atoms with Gasteiger partial charge in [-0.2, -0.15) is 13.2 Å². The van der Waals surface area contributed by atoms with Crippen molar-refractivity contribution >= 4 is 6.09 Å². The maximum absolute atomic E-state index is 11.8. The van der Waals surface area contributed by atoms with Gasteiger partial charge in [0.2, 0.25) is 0 Å². The Labute approximate surface area is 114 Å². The number of amides is 1. The zero-order valence-corrected chi connectivity index (χ0v) is 11.2. The first-order chi connectivity index (χ1) is 9.26. The number of rotatable bonds is 5. The van der Waals surface area contributed by atoms with E-state index in [9.17, 15) is 18.0 Å². The number of carbonyl (C=O) groups is 1. The Morgan fingerprint density at radius 3 is 2.45 bits per heavy atom. The van der Waals surface area contributed by atoms with Crippen LogP contribution in [-0.4, -0.2) is 31.5 Å². The van der Waals surface area contributed by atoms with Crippen molar-refractivity contribution in [3.63, 3.8) is 0 Å². The second-order valence-electron chi connectivity index (χ2n) is 4.36. The standard InChI is InChI=1S/C13H16F3NO3/c1-9-3-5-11(6-4-9)19-7-10(2)17-12(18)20-8-13(14,15)16/h3-6,10H,7-8H2,1-2H3,(H,17,18). The van der Waals surface area contributed by atoms with Crippen LogP contribution >= 0.6 is 0 Å². The van der Waals surface area contributed by atoms with Gasteiger partial charge in [0.15, 0.2) is 6.61 Å². The van der Waals surface area contributed by atoms with Crippen LogP contribution in [0.2, 0.25) is 0 Å². The van der Waals surface area contributed by atoms with Crippen LogP contribution in [0.5, 0.6) is 5.75 Å². The summed E-state index contributed by atoms with van der Waals surface area (Å²) in [5.41, 5.74) is 1.08. The van der Waals surface area contributed by atoms with Gasteiger partial charge in [-0.1, -0.05) is 17.7 Å². The summed E-state index contributed by atoms with van der Waals surface area (Å²) < 4.78 is 44.9. The number of halogens is 3. The highest BCUT2D eigenvalue weighted by Crippen LogP contribution is 2.14. The molecule has 0 radical (unpaired) electrons. The summed E-state index contributed by atoms with van der Waals surface area (Å²) in [5, 5.41) is 2.25. The van der Waals surface area contributed by atoms with Crippen LogP contribution in [0.3, 0.4) is 0 Å². The Morgan fingerprint density at radius 1 is 1.30 bits per heavy atom. The van der Waals surface area contributed by atoms with Crippen LogP contribution in [0.4, 0.5) is 18.0 Å². The smallest absolute Gasteiger partial charge is 0.422 e. The Morgan fingerprint density at radius 2 is 1.90 bits per heavy atom. The van der Waals surface area contributed by atoms with E-state index in [1.165, 1.54) is 0 Å². The highest BCUT2D eigenvalue weighted by molar-refractivity contribution is 5.67. The Kier molecular flexibility index (Phi) is 5.66. The number of alkyl carbamates (subject to hydrolysis) is 1.